The summed E-state index contributed by atoms with van der Waals surface area (Å²) in [7, 11) is 1.39. The average Bonchev–Trinajstić information content (AvgIpc) is 3.42. The highest BCUT2D eigenvalue weighted by Gasteiger charge is 2.26. The number of aromatic nitrogens is 3. The number of carbonyl (C=O) groups is 2. The monoisotopic (exact) mass is 556 g/mol. The Labute approximate surface area is 232 Å². The van der Waals surface area contributed by atoms with Crippen LogP contribution < -0.4 is 10.1 Å². The molecule has 1 unspecified atom stereocenters. The number of ether oxygens (including phenoxy) is 2. The predicted molar refractivity (Wildman–Crippen MR) is 152 cm³/mol. The van der Waals surface area contributed by atoms with Crippen molar-refractivity contribution in [1.29, 1.82) is 0 Å². The highest BCUT2D eigenvalue weighted by atomic mass is 32.2. The largest absolute Gasteiger partial charge is 0.483 e. The van der Waals surface area contributed by atoms with Crippen LogP contribution in [0.5, 0.6) is 5.75 Å². The quantitative estimate of drug-likeness (QED) is 0.244. The summed E-state index contributed by atoms with van der Waals surface area (Å²) in [5.41, 5.74) is 3.83. The van der Waals surface area contributed by atoms with E-state index in [2.05, 4.69) is 21.6 Å². The first-order valence-corrected chi connectivity index (χ1v) is 14.9. The molecule has 2 aromatic heterocycles. The van der Waals surface area contributed by atoms with E-state index < -0.39 is 0 Å². The second kappa shape index (κ2) is 12.8. The van der Waals surface area contributed by atoms with Gasteiger partial charge in [0.25, 0.3) is 0 Å². The van der Waals surface area contributed by atoms with Crippen molar-refractivity contribution in [2.75, 3.05) is 18.2 Å². The van der Waals surface area contributed by atoms with Crippen molar-refractivity contribution in [3.8, 4) is 5.75 Å². The van der Waals surface area contributed by atoms with E-state index in [1.165, 1.54) is 41.5 Å². The molecular weight excluding hydrogens is 520 g/mol. The molecule has 204 valence electrons. The number of anilines is 1. The van der Waals surface area contributed by atoms with E-state index in [1.807, 2.05) is 44.4 Å². The van der Waals surface area contributed by atoms with Gasteiger partial charge in [-0.25, -0.2) is 4.79 Å². The number of benzene rings is 1. The topological polar surface area (TPSA) is 95.3 Å². The molecule has 10 heteroatoms. The van der Waals surface area contributed by atoms with Gasteiger partial charge < -0.3 is 19.4 Å². The molecule has 1 aromatic carbocycles. The molecule has 2 heterocycles. The van der Waals surface area contributed by atoms with Crippen LogP contribution in [0.25, 0.3) is 0 Å². The second-order valence-electron chi connectivity index (χ2n) is 9.62. The third-order valence-electron chi connectivity index (χ3n) is 6.58. The zero-order valence-corrected chi connectivity index (χ0v) is 24.4. The molecule has 0 spiro atoms. The van der Waals surface area contributed by atoms with Gasteiger partial charge in [-0.3, -0.25) is 4.79 Å². The van der Waals surface area contributed by atoms with Crippen LogP contribution in [0.4, 0.5) is 5.00 Å². The van der Waals surface area contributed by atoms with E-state index in [0.717, 1.165) is 54.5 Å². The number of esters is 1. The number of methoxy groups -OCH3 is 1. The number of hydrogen-bond acceptors (Lipinski definition) is 8. The van der Waals surface area contributed by atoms with Crippen molar-refractivity contribution in [2.45, 2.75) is 84.0 Å². The van der Waals surface area contributed by atoms with Gasteiger partial charge in [0.05, 0.1) is 18.4 Å². The van der Waals surface area contributed by atoms with Gasteiger partial charge in [0, 0.05) is 11.4 Å². The molecule has 0 aliphatic heterocycles. The lowest BCUT2D eigenvalue weighted by Gasteiger charge is -2.16. The van der Waals surface area contributed by atoms with E-state index in [-0.39, 0.29) is 23.7 Å². The van der Waals surface area contributed by atoms with E-state index in [9.17, 15) is 9.59 Å². The maximum Gasteiger partial charge on any atom is 0.341 e. The van der Waals surface area contributed by atoms with Crippen LogP contribution in [0.15, 0.2) is 23.4 Å². The summed E-state index contributed by atoms with van der Waals surface area (Å²) in [6.45, 7) is 8.70. The van der Waals surface area contributed by atoms with Gasteiger partial charge in [-0.2, -0.15) is 0 Å². The normalized spacial score (nSPS) is 14.2. The molecule has 1 N–H and O–H groups in total. The SMILES string of the molecule is CCn1c(SCC(=O)Nc2sc3c(c2C(=O)OC)CCCCCC3)nnc1C(C)Oc1cc(C)cc(C)c1. The predicted octanol–water partition coefficient (Wildman–Crippen LogP) is 6.29. The Morgan fingerprint density at radius 1 is 1.11 bits per heavy atom. The van der Waals surface area contributed by atoms with Crippen molar-refractivity contribution in [3.63, 3.8) is 0 Å². The number of amides is 1. The molecule has 0 bridgehead atoms. The molecule has 4 rings (SSSR count). The lowest BCUT2D eigenvalue weighted by atomic mass is 9.96. The van der Waals surface area contributed by atoms with Gasteiger partial charge in [-0.15, -0.1) is 21.5 Å². The molecular formula is C28H36N4O4S2. The number of fused-ring (bicyclic) bond motifs is 1. The van der Waals surface area contributed by atoms with Gasteiger partial charge in [0.1, 0.15) is 10.8 Å². The molecule has 1 atom stereocenters. The number of thiophene rings is 1. The van der Waals surface area contributed by atoms with Crippen LogP contribution in [0.1, 0.15) is 83.4 Å². The Hall–Kier alpha value is -2.85. The highest BCUT2D eigenvalue weighted by molar-refractivity contribution is 7.99. The smallest absolute Gasteiger partial charge is 0.341 e. The Morgan fingerprint density at radius 3 is 2.50 bits per heavy atom. The Balaban J connectivity index is 1.45. The molecule has 0 saturated carbocycles. The third kappa shape index (κ3) is 6.58. The fourth-order valence-electron chi connectivity index (χ4n) is 4.88. The fourth-order valence-corrected chi connectivity index (χ4v) is 6.98. The first kappa shape index (κ1) is 28.2. The van der Waals surface area contributed by atoms with Crippen LogP contribution in [0.2, 0.25) is 0 Å². The van der Waals surface area contributed by atoms with Crippen molar-refractivity contribution in [1.82, 2.24) is 14.8 Å². The molecule has 8 nitrogen and oxygen atoms in total. The van der Waals surface area contributed by atoms with Crippen molar-refractivity contribution in [2.24, 2.45) is 0 Å². The number of nitrogens with one attached hydrogen (secondary N) is 1. The first-order chi connectivity index (χ1) is 18.3. The molecule has 1 aliphatic rings. The fraction of sp³-hybridized carbons (Fsp3) is 0.500. The van der Waals surface area contributed by atoms with Crippen LogP contribution in [0, 0.1) is 13.8 Å². The van der Waals surface area contributed by atoms with Gasteiger partial charge >= 0.3 is 5.97 Å². The van der Waals surface area contributed by atoms with Gasteiger partial charge in [-0.1, -0.05) is 30.7 Å². The molecule has 0 radical (unpaired) electrons. The van der Waals surface area contributed by atoms with Crippen LogP contribution in [-0.4, -0.2) is 39.5 Å². The minimum absolute atomic E-state index is 0.146. The Bertz CT molecular complexity index is 1280. The maximum atomic E-state index is 13.0. The lowest BCUT2D eigenvalue weighted by Crippen LogP contribution is -2.17. The lowest BCUT2D eigenvalue weighted by molar-refractivity contribution is -0.113. The first-order valence-electron chi connectivity index (χ1n) is 13.1. The number of carbonyl (C=O) groups excluding carboxylic acids is 2. The summed E-state index contributed by atoms with van der Waals surface area (Å²) in [4.78, 5) is 26.8. The summed E-state index contributed by atoms with van der Waals surface area (Å²) in [6, 6.07) is 6.11. The number of aryl methyl sites for hydroxylation is 3. The van der Waals surface area contributed by atoms with E-state index in [0.29, 0.717) is 28.1 Å². The van der Waals surface area contributed by atoms with Gasteiger partial charge in [0.15, 0.2) is 17.1 Å². The average molecular weight is 557 g/mol. The second-order valence-corrected chi connectivity index (χ2v) is 11.7. The standard InChI is InChI=1S/C28H36N4O4S2/c1-6-32-25(19(4)36-20-14-17(2)13-18(3)15-20)30-31-28(32)37-16-23(33)29-26-24(27(34)35-5)21-11-9-7-8-10-12-22(21)38-26/h13-15,19H,6-12,16H2,1-5H3,(H,29,33). The minimum Gasteiger partial charge on any atom is -0.483 e. The molecule has 1 amide bonds. The summed E-state index contributed by atoms with van der Waals surface area (Å²) in [5.74, 6) is 1.06. The number of nitrogens with zero attached hydrogens (tertiary/aromatic N) is 3. The van der Waals surface area contributed by atoms with Crippen molar-refractivity contribution >= 4 is 40.0 Å². The summed E-state index contributed by atoms with van der Waals surface area (Å²) < 4.78 is 13.2. The molecule has 3 aromatic rings. The van der Waals surface area contributed by atoms with Gasteiger partial charge in [-0.05, 0) is 82.2 Å². The van der Waals surface area contributed by atoms with Crippen LogP contribution >= 0.6 is 23.1 Å². The molecule has 1 aliphatic carbocycles. The van der Waals surface area contributed by atoms with Crippen molar-refractivity contribution < 1.29 is 19.1 Å². The molecule has 0 fully saturated rings. The molecule has 38 heavy (non-hydrogen) atoms. The Morgan fingerprint density at radius 2 is 1.82 bits per heavy atom. The van der Waals surface area contributed by atoms with E-state index in [1.54, 1.807) is 0 Å². The Kier molecular flexibility index (Phi) is 9.49. The maximum absolute atomic E-state index is 13.0. The van der Waals surface area contributed by atoms with Crippen molar-refractivity contribution in [3.05, 3.63) is 51.2 Å². The van der Waals surface area contributed by atoms with E-state index in [4.69, 9.17) is 9.47 Å². The number of thioether (sulfide) groups is 1. The highest BCUT2D eigenvalue weighted by Crippen LogP contribution is 2.37. The van der Waals surface area contributed by atoms with Crippen LogP contribution in [-0.2, 0) is 28.9 Å². The van der Waals surface area contributed by atoms with Crippen LogP contribution in [0.3, 0.4) is 0 Å². The number of rotatable bonds is 9. The zero-order valence-electron chi connectivity index (χ0n) is 22.8. The third-order valence-corrected chi connectivity index (χ3v) is 8.75. The zero-order chi connectivity index (χ0) is 27.2. The summed E-state index contributed by atoms with van der Waals surface area (Å²) in [5, 5.41) is 12.9. The van der Waals surface area contributed by atoms with E-state index >= 15 is 0 Å². The minimum atomic E-state index is -0.390. The molecule has 0 saturated heterocycles. The summed E-state index contributed by atoms with van der Waals surface area (Å²) in [6.07, 6.45) is 5.95. The number of hydrogen-bond donors (Lipinski definition) is 1. The summed E-state index contributed by atoms with van der Waals surface area (Å²) >= 11 is 2.83. The van der Waals surface area contributed by atoms with Gasteiger partial charge in [0.2, 0.25) is 5.91 Å².